The van der Waals surface area contributed by atoms with E-state index in [4.69, 9.17) is 4.74 Å². The summed E-state index contributed by atoms with van der Waals surface area (Å²) in [5.41, 5.74) is 0.916. The van der Waals surface area contributed by atoms with E-state index in [1.54, 1.807) is 19.0 Å². The molecule has 0 atom stereocenters. The van der Waals surface area contributed by atoms with Gasteiger partial charge in [0.25, 0.3) is 5.56 Å². The second kappa shape index (κ2) is 9.32. The number of ether oxygens (including phenoxy) is 1. The molecule has 0 bridgehead atoms. The molecule has 29 heavy (non-hydrogen) atoms. The van der Waals surface area contributed by atoms with Crippen molar-refractivity contribution in [3.8, 4) is 5.75 Å². The molecule has 3 rings (SSSR count). The number of hydrogen-bond acceptors (Lipinski definition) is 6. The number of aryl methyl sites for hydroxylation is 2. The van der Waals surface area contributed by atoms with E-state index < -0.39 is 0 Å². The van der Waals surface area contributed by atoms with Crippen molar-refractivity contribution < 1.29 is 9.53 Å². The normalized spacial score (nSPS) is 11.1. The standard InChI is InChI=1S/C20H22BrN3O3S2/c1-12-13(2)29-18-17(12)19(26)24(4)20(22-18)28-11-16(25)23(3)9-10-27-15-7-5-14(21)6-8-15/h5-8H,9-11H2,1-4H3. The molecule has 6 nitrogen and oxygen atoms in total. The summed E-state index contributed by atoms with van der Waals surface area (Å²) >= 11 is 6.18. The fourth-order valence-corrected chi connectivity index (χ4v) is 4.92. The maximum absolute atomic E-state index is 12.7. The Labute approximate surface area is 186 Å². The zero-order valence-electron chi connectivity index (χ0n) is 16.7. The molecule has 0 unspecified atom stereocenters. The molecule has 3 aromatic rings. The number of amides is 1. The Bertz CT molecular complexity index is 1090. The lowest BCUT2D eigenvalue weighted by molar-refractivity contribution is -0.127. The van der Waals surface area contributed by atoms with Crippen molar-refractivity contribution in [2.24, 2.45) is 7.05 Å². The summed E-state index contributed by atoms with van der Waals surface area (Å²) in [6.07, 6.45) is 0. The number of likely N-dealkylation sites (N-methyl/N-ethyl adjacent to an activating group) is 1. The Kier molecular flexibility index (Phi) is 7.02. The number of thioether (sulfide) groups is 1. The van der Waals surface area contributed by atoms with Crippen molar-refractivity contribution in [3.05, 3.63) is 49.5 Å². The second-order valence-corrected chi connectivity index (χ2v) is 9.69. The van der Waals surface area contributed by atoms with Crippen molar-refractivity contribution in [2.75, 3.05) is 26.0 Å². The van der Waals surface area contributed by atoms with Gasteiger partial charge >= 0.3 is 0 Å². The van der Waals surface area contributed by atoms with Crippen LogP contribution in [0.5, 0.6) is 5.75 Å². The van der Waals surface area contributed by atoms with E-state index in [0.717, 1.165) is 25.5 Å². The van der Waals surface area contributed by atoms with Crippen LogP contribution in [-0.2, 0) is 11.8 Å². The molecule has 0 N–H and O–H groups in total. The van der Waals surface area contributed by atoms with Crippen molar-refractivity contribution in [2.45, 2.75) is 19.0 Å². The van der Waals surface area contributed by atoms with Crippen LogP contribution >= 0.6 is 39.0 Å². The van der Waals surface area contributed by atoms with Crippen LogP contribution in [0.2, 0.25) is 0 Å². The number of fused-ring (bicyclic) bond motifs is 1. The average Bonchev–Trinajstić information content (AvgIpc) is 2.98. The highest BCUT2D eigenvalue weighted by molar-refractivity contribution is 9.10. The lowest BCUT2D eigenvalue weighted by atomic mass is 10.2. The number of hydrogen-bond donors (Lipinski definition) is 0. The molecular weight excluding hydrogens is 474 g/mol. The first-order chi connectivity index (χ1) is 13.8. The number of nitrogens with zero attached hydrogens (tertiary/aromatic N) is 3. The van der Waals surface area contributed by atoms with Gasteiger partial charge < -0.3 is 9.64 Å². The molecule has 9 heteroatoms. The molecule has 0 saturated carbocycles. The van der Waals surface area contributed by atoms with Crippen LogP contribution in [-0.4, -0.2) is 46.3 Å². The maximum Gasteiger partial charge on any atom is 0.262 e. The topological polar surface area (TPSA) is 64.4 Å². The van der Waals surface area contributed by atoms with Crippen LogP contribution in [0.1, 0.15) is 10.4 Å². The highest BCUT2D eigenvalue weighted by Gasteiger charge is 2.17. The lowest BCUT2D eigenvalue weighted by Crippen LogP contribution is -2.32. The van der Waals surface area contributed by atoms with E-state index in [9.17, 15) is 9.59 Å². The smallest absolute Gasteiger partial charge is 0.262 e. The molecule has 1 amide bonds. The Balaban J connectivity index is 1.57. The average molecular weight is 496 g/mol. The van der Waals surface area contributed by atoms with Gasteiger partial charge in [0.1, 0.15) is 17.2 Å². The highest BCUT2D eigenvalue weighted by Crippen LogP contribution is 2.28. The van der Waals surface area contributed by atoms with Gasteiger partial charge in [-0.25, -0.2) is 4.98 Å². The van der Waals surface area contributed by atoms with Gasteiger partial charge in [-0.05, 0) is 43.7 Å². The summed E-state index contributed by atoms with van der Waals surface area (Å²) in [5, 5.41) is 1.23. The molecule has 0 aliphatic carbocycles. The molecule has 0 aliphatic heterocycles. The summed E-state index contributed by atoms with van der Waals surface area (Å²) in [5.74, 6) is 0.934. The van der Waals surface area contributed by atoms with Crippen molar-refractivity contribution in [3.63, 3.8) is 0 Å². The summed E-state index contributed by atoms with van der Waals surface area (Å²) in [6, 6.07) is 7.56. The summed E-state index contributed by atoms with van der Waals surface area (Å²) in [6.45, 7) is 4.82. The summed E-state index contributed by atoms with van der Waals surface area (Å²) < 4.78 is 8.18. The molecule has 0 radical (unpaired) electrons. The Morgan fingerprint density at radius 1 is 1.31 bits per heavy atom. The van der Waals surface area contributed by atoms with Gasteiger partial charge in [-0.3, -0.25) is 14.2 Å². The van der Waals surface area contributed by atoms with Crippen molar-refractivity contribution >= 4 is 55.2 Å². The number of carbonyl (C=O) groups excluding carboxylic acids is 1. The van der Waals surface area contributed by atoms with Crippen LogP contribution in [0.25, 0.3) is 10.2 Å². The number of benzene rings is 1. The number of aromatic nitrogens is 2. The molecular formula is C20H22BrN3O3S2. The van der Waals surface area contributed by atoms with Crippen LogP contribution in [0.15, 0.2) is 38.7 Å². The predicted molar refractivity (Wildman–Crippen MR) is 122 cm³/mol. The molecule has 154 valence electrons. The van der Waals surface area contributed by atoms with E-state index in [0.29, 0.717) is 23.7 Å². The van der Waals surface area contributed by atoms with Crippen molar-refractivity contribution in [1.29, 1.82) is 0 Å². The van der Waals surface area contributed by atoms with Gasteiger partial charge in [0.2, 0.25) is 5.91 Å². The quantitative estimate of drug-likeness (QED) is 0.366. The summed E-state index contributed by atoms with van der Waals surface area (Å²) in [4.78, 5) is 33.2. The molecule has 0 spiro atoms. The second-order valence-electron chi connectivity index (χ2n) is 6.63. The zero-order valence-corrected chi connectivity index (χ0v) is 19.9. The highest BCUT2D eigenvalue weighted by atomic mass is 79.9. The van der Waals surface area contributed by atoms with E-state index in [1.807, 2.05) is 38.1 Å². The van der Waals surface area contributed by atoms with Crippen LogP contribution in [0, 0.1) is 13.8 Å². The Morgan fingerprint density at radius 3 is 2.69 bits per heavy atom. The number of rotatable bonds is 7. The van der Waals surface area contributed by atoms with Crippen LogP contribution in [0.4, 0.5) is 0 Å². The third-order valence-electron chi connectivity index (χ3n) is 4.63. The minimum absolute atomic E-state index is 0.0395. The molecule has 1 aromatic carbocycles. The number of halogens is 1. The van der Waals surface area contributed by atoms with E-state index in [2.05, 4.69) is 20.9 Å². The fraction of sp³-hybridized carbons (Fsp3) is 0.350. The first kappa shape index (κ1) is 21.9. The van der Waals surface area contributed by atoms with E-state index >= 15 is 0 Å². The first-order valence-corrected chi connectivity index (χ1v) is 11.6. The van der Waals surface area contributed by atoms with Crippen LogP contribution in [0.3, 0.4) is 0 Å². The first-order valence-electron chi connectivity index (χ1n) is 8.99. The maximum atomic E-state index is 12.7. The lowest BCUT2D eigenvalue weighted by Gasteiger charge is -2.17. The third kappa shape index (κ3) is 5.02. The van der Waals surface area contributed by atoms with Gasteiger partial charge in [-0.1, -0.05) is 27.7 Å². The van der Waals surface area contributed by atoms with E-state index in [1.165, 1.54) is 27.7 Å². The van der Waals surface area contributed by atoms with Gasteiger partial charge in [0, 0.05) is 23.4 Å². The fourth-order valence-electron chi connectivity index (χ4n) is 2.68. The van der Waals surface area contributed by atoms with Gasteiger partial charge in [-0.2, -0.15) is 0 Å². The van der Waals surface area contributed by atoms with Gasteiger partial charge in [-0.15, -0.1) is 11.3 Å². The predicted octanol–water partition coefficient (Wildman–Crippen LogP) is 4.00. The molecule has 0 fully saturated rings. The summed E-state index contributed by atoms with van der Waals surface area (Å²) in [7, 11) is 3.44. The number of thiophene rings is 1. The molecule has 2 aromatic heterocycles. The zero-order chi connectivity index (χ0) is 21.1. The van der Waals surface area contributed by atoms with Gasteiger partial charge in [0.05, 0.1) is 17.7 Å². The van der Waals surface area contributed by atoms with E-state index in [-0.39, 0.29) is 17.2 Å². The molecule has 0 saturated heterocycles. The number of carbonyl (C=O) groups is 1. The van der Waals surface area contributed by atoms with Crippen LogP contribution < -0.4 is 10.3 Å². The van der Waals surface area contributed by atoms with Gasteiger partial charge in [0.15, 0.2) is 5.16 Å². The Morgan fingerprint density at radius 2 is 2.00 bits per heavy atom. The Hall–Kier alpha value is -1.84. The molecule has 0 aliphatic rings. The monoisotopic (exact) mass is 495 g/mol. The van der Waals surface area contributed by atoms with Crippen molar-refractivity contribution in [1.82, 2.24) is 14.5 Å². The minimum atomic E-state index is -0.0666. The SMILES string of the molecule is Cc1sc2nc(SCC(=O)N(C)CCOc3ccc(Br)cc3)n(C)c(=O)c2c1C. The third-order valence-corrected chi connectivity index (χ3v) is 7.27. The molecule has 2 heterocycles. The minimum Gasteiger partial charge on any atom is -0.492 e. The largest absolute Gasteiger partial charge is 0.492 e.